The standard InChI is InChI=1S/C22H26N6O2/c1-3-16-4-7-22(29,8-5-16)18-12-20(27-10-11-30-14-15(27)2)25-21-17(18)13-24-28(21)19-6-9-23-26-19/h1,6,9,12-13,15-16,29H,4-5,7-8,10-11,14H2,2H3,(H,23,26)/t15-,16?,22?/m1/s1. The molecule has 0 spiro atoms. The summed E-state index contributed by atoms with van der Waals surface area (Å²) in [4.78, 5) is 7.21. The van der Waals surface area contributed by atoms with Gasteiger partial charge < -0.3 is 14.7 Å². The van der Waals surface area contributed by atoms with E-state index in [4.69, 9.17) is 16.1 Å². The van der Waals surface area contributed by atoms with Crippen molar-refractivity contribution >= 4 is 16.9 Å². The molecule has 2 N–H and O–H groups in total. The molecule has 2 aliphatic rings. The molecule has 156 valence electrons. The highest BCUT2D eigenvalue weighted by Crippen LogP contribution is 2.43. The number of pyridine rings is 1. The summed E-state index contributed by atoms with van der Waals surface area (Å²) in [5.41, 5.74) is 0.640. The van der Waals surface area contributed by atoms with Crippen LogP contribution in [0, 0.1) is 18.3 Å². The van der Waals surface area contributed by atoms with Crippen LogP contribution in [-0.2, 0) is 10.3 Å². The molecule has 3 aromatic rings. The van der Waals surface area contributed by atoms with Gasteiger partial charge in [0.2, 0.25) is 0 Å². The lowest BCUT2D eigenvalue weighted by atomic mass is 9.75. The number of fused-ring (bicyclic) bond motifs is 1. The zero-order valence-electron chi connectivity index (χ0n) is 17.1. The molecule has 30 heavy (non-hydrogen) atoms. The number of nitrogens with one attached hydrogen (secondary N) is 1. The molecule has 0 amide bonds. The first-order valence-electron chi connectivity index (χ1n) is 10.5. The summed E-state index contributed by atoms with van der Waals surface area (Å²) in [6.07, 6.45) is 12.0. The van der Waals surface area contributed by atoms with Gasteiger partial charge in [-0.15, -0.1) is 12.3 Å². The number of ether oxygens (including phenoxy) is 1. The summed E-state index contributed by atoms with van der Waals surface area (Å²) >= 11 is 0. The lowest BCUT2D eigenvalue weighted by Crippen LogP contribution is -2.44. The Hall–Kier alpha value is -2.89. The lowest BCUT2D eigenvalue weighted by molar-refractivity contribution is -0.00660. The van der Waals surface area contributed by atoms with E-state index >= 15 is 0 Å². The number of H-pyrrole nitrogens is 1. The second kappa shape index (κ2) is 7.42. The van der Waals surface area contributed by atoms with Gasteiger partial charge in [-0.2, -0.15) is 14.9 Å². The molecule has 0 aromatic carbocycles. The predicted octanol–water partition coefficient (Wildman–Crippen LogP) is 2.38. The molecule has 0 unspecified atom stereocenters. The van der Waals surface area contributed by atoms with Crippen LogP contribution in [-0.4, -0.2) is 55.9 Å². The molecule has 8 heteroatoms. The van der Waals surface area contributed by atoms with Gasteiger partial charge in [-0.1, -0.05) is 0 Å². The van der Waals surface area contributed by atoms with Crippen LogP contribution in [0.3, 0.4) is 0 Å². The molecular weight excluding hydrogens is 380 g/mol. The molecule has 1 aliphatic heterocycles. The van der Waals surface area contributed by atoms with E-state index in [-0.39, 0.29) is 12.0 Å². The van der Waals surface area contributed by atoms with Crippen LogP contribution in [0.25, 0.3) is 16.9 Å². The molecule has 1 atom stereocenters. The van der Waals surface area contributed by atoms with E-state index in [0.29, 0.717) is 31.7 Å². The molecule has 0 bridgehead atoms. The minimum absolute atomic E-state index is 0.201. The Bertz CT molecular complexity index is 1080. The van der Waals surface area contributed by atoms with Crippen LogP contribution in [0.15, 0.2) is 24.5 Å². The van der Waals surface area contributed by atoms with E-state index in [1.54, 1.807) is 17.1 Å². The molecule has 2 fully saturated rings. The van der Waals surface area contributed by atoms with Crippen molar-refractivity contribution in [2.75, 3.05) is 24.7 Å². The van der Waals surface area contributed by atoms with Gasteiger partial charge in [0.25, 0.3) is 0 Å². The number of hydrogen-bond acceptors (Lipinski definition) is 6. The van der Waals surface area contributed by atoms with Gasteiger partial charge in [0.05, 0.1) is 37.3 Å². The van der Waals surface area contributed by atoms with Gasteiger partial charge in [0.15, 0.2) is 11.5 Å². The first-order valence-corrected chi connectivity index (χ1v) is 10.5. The molecule has 1 saturated carbocycles. The van der Waals surface area contributed by atoms with E-state index in [0.717, 1.165) is 42.0 Å². The number of morpholine rings is 1. The van der Waals surface area contributed by atoms with Gasteiger partial charge in [0, 0.05) is 23.9 Å². The Labute approximate surface area is 175 Å². The molecule has 5 rings (SSSR count). The monoisotopic (exact) mass is 406 g/mol. The SMILES string of the molecule is C#CC1CCC(O)(c2cc(N3CCOC[C@H]3C)nc3c2cnn3-c2ccn[nH]2)CC1. The topological polar surface area (TPSA) is 92.1 Å². The summed E-state index contributed by atoms with van der Waals surface area (Å²) in [6.45, 7) is 4.20. The van der Waals surface area contributed by atoms with Crippen LogP contribution in [0.2, 0.25) is 0 Å². The maximum atomic E-state index is 11.7. The fourth-order valence-corrected chi connectivity index (χ4v) is 4.66. The highest BCUT2D eigenvalue weighted by molar-refractivity contribution is 5.83. The van der Waals surface area contributed by atoms with Crippen molar-refractivity contribution in [2.45, 2.75) is 44.2 Å². The second-order valence-electron chi connectivity index (χ2n) is 8.35. The third-order valence-electron chi connectivity index (χ3n) is 6.45. The molecular formula is C22H26N6O2. The first-order chi connectivity index (χ1) is 14.6. The second-order valence-corrected chi connectivity index (χ2v) is 8.35. The summed E-state index contributed by atoms with van der Waals surface area (Å²) in [5, 5.41) is 24.1. The highest BCUT2D eigenvalue weighted by Gasteiger charge is 2.37. The van der Waals surface area contributed by atoms with Gasteiger partial charge in [0.1, 0.15) is 5.82 Å². The van der Waals surface area contributed by atoms with Gasteiger partial charge >= 0.3 is 0 Å². The van der Waals surface area contributed by atoms with E-state index in [1.165, 1.54) is 0 Å². The van der Waals surface area contributed by atoms with Crippen LogP contribution in [0.5, 0.6) is 0 Å². The maximum absolute atomic E-state index is 11.7. The smallest absolute Gasteiger partial charge is 0.167 e. The number of nitrogens with zero attached hydrogens (tertiary/aromatic N) is 5. The molecule has 1 saturated heterocycles. The molecule has 0 radical (unpaired) electrons. The summed E-state index contributed by atoms with van der Waals surface area (Å²) < 4.78 is 7.36. The van der Waals surface area contributed by atoms with Crippen LogP contribution in [0.1, 0.15) is 38.2 Å². The molecule has 3 aromatic heterocycles. The Kier molecular flexibility index (Phi) is 4.72. The van der Waals surface area contributed by atoms with Crippen molar-refractivity contribution in [3.8, 4) is 18.2 Å². The predicted molar refractivity (Wildman–Crippen MR) is 113 cm³/mol. The number of anilines is 1. The number of terminal acetylenes is 1. The highest BCUT2D eigenvalue weighted by atomic mass is 16.5. The average Bonchev–Trinajstić information content (AvgIpc) is 3.43. The summed E-state index contributed by atoms with van der Waals surface area (Å²) in [6, 6.07) is 4.09. The Balaban J connectivity index is 1.66. The third-order valence-corrected chi connectivity index (χ3v) is 6.45. The van der Waals surface area contributed by atoms with E-state index in [1.807, 2.05) is 12.1 Å². The van der Waals surface area contributed by atoms with E-state index in [2.05, 4.69) is 33.0 Å². The molecule has 8 nitrogen and oxygen atoms in total. The number of rotatable bonds is 3. The van der Waals surface area contributed by atoms with Crippen LogP contribution < -0.4 is 4.90 Å². The summed E-state index contributed by atoms with van der Waals surface area (Å²) in [7, 11) is 0. The molecule has 4 heterocycles. The molecule has 1 aliphatic carbocycles. The minimum Gasteiger partial charge on any atom is -0.385 e. The van der Waals surface area contributed by atoms with Crippen molar-refractivity contribution in [3.05, 3.63) is 30.1 Å². The van der Waals surface area contributed by atoms with Gasteiger partial charge in [-0.3, -0.25) is 5.10 Å². The van der Waals surface area contributed by atoms with Crippen LogP contribution in [0.4, 0.5) is 5.82 Å². The van der Waals surface area contributed by atoms with Gasteiger partial charge in [-0.05, 0) is 44.2 Å². The van der Waals surface area contributed by atoms with Crippen molar-refractivity contribution in [1.29, 1.82) is 0 Å². The summed E-state index contributed by atoms with van der Waals surface area (Å²) in [5.74, 6) is 4.65. The fourth-order valence-electron chi connectivity index (χ4n) is 4.66. The third kappa shape index (κ3) is 3.15. The zero-order valence-corrected chi connectivity index (χ0v) is 17.1. The van der Waals surface area contributed by atoms with E-state index in [9.17, 15) is 5.11 Å². The number of aromatic nitrogens is 5. The van der Waals surface area contributed by atoms with Crippen molar-refractivity contribution in [2.24, 2.45) is 5.92 Å². The zero-order chi connectivity index (χ0) is 20.7. The number of aromatic amines is 1. The van der Waals surface area contributed by atoms with Crippen molar-refractivity contribution in [3.63, 3.8) is 0 Å². The minimum atomic E-state index is -0.944. The average molecular weight is 406 g/mol. The normalized spacial score (nSPS) is 27.3. The first kappa shape index (κ1) is 19.1. The fraction of sp³-hybridized carbons (Fsp3) is 0.500. The van der Waals surface area contributed by atoms with Crippen LogP contribution >= 0.6 is 0 Å². The Morgan fingerprint density at radius 3 is 2.90 bits per heavy atom. The quantitative estimate of drug-likeness (QED) is 0.649. The largest absolute Gasteiger partial charge is 0.385 e. The van der Waals surface area contributed by atoms with Gasteiger partial charge in [-0.25, -0.2) is 4.98 Å². The lowest BCUT2D eigenvalue weighted by Gasteiger charge is -2.37. The maximum Gasteiger partial charge on any atom is 0.167 e. The number of hydrogen-bond donors (Lipinski definition) is 2. The Morgan fingerprint density at radius 2 is 2.20 bits per heavy atom. The van der Waals surface area contributed by atoms with E-state index < -0.39 is 5.60 Å². The number of aliphatic hydroxyl groups is 1. The van der Waals surface area contributed by atoms with Crippen molar-refractivity contribution in [1.82, 2.24) is 25.0 Å². The van der Waals surface area contributed by atoms with Crippen molar-refractivity contribution < 1.29 is 9.84 Å². The Morgan fingerprint density at radius 1 is 1.37 bits per heavy atom.